The molecular weight excluding hydrogens is 491 g/mol. The van der Waals surface area contributed by atoms with E-state index in [4.69, 9.17) is 9.47 Å². The van der Waals surface area contributed by atoms with Crippen molar-refractivity contribution < 1.29 is 9.47 Å². The van der Waals surface area contributed by atoms with Crippen molar-refractivity contribution in [3.63, 3.8) is 0 Å². The fraction of sp³-hybridized carbons (Fsp3) is 0.696. The molecule has 1 unspecified atom stereocenters. The quantitative estimate of drug-likeness (QED) is 0.167. The van der Waals surface area contributed by atoms with E-state index in [1.807, 2.05) is 7.05 Å². The van der Waals surface area contributed by atoms with Gasteiger partial charge in [0, 0.05) is 39.8 Å². The lowest BCUT2D eigenvalue weighted by Crippen LogP contribution is -2.41. The van der Waals surface area contributed by atoms with Crippen LogP contribution >= 0.6 is 24.0 Å². The van der Waals surface area contributed by atoms with Crippen molar-refractivity contribution in [2.24, 2.45) is 10.9 Å². The lowest BCUT2D eigenvalue weighted by Gasteiger charge is -2.17. The Morgan fingerprint density at radius 1 is 1.10 bits per heavy atom. The molecule has 7 heteroatoms. The number of nitrogens with one attached hydrogen (secondary N) is 2. The summed E-state index contributed by atoms with van der Waals surface area (Å²) in [5.74, 6) is 1.54. The predicted molar refractivity (Wildman–Crippen MR) is 136 cm³/mol. The topological polar surface area (TPSA) is 58.1 Å². The van der Waals surface area contributed by atoms with Gasteiger partial charge in [-0.15, -0.1) is 24.0 Å². The third-order valence-corrected chi connectivity index (χ3v) is 5.26. The van der Waals surface area contributed by atoms with Crippen LogP contribution in [-0.4, -0.2) is 77.1 Å². The van der Waals surface area contributed by atoms with E-state index < -0.39 is 0 Å². The largest absolute Gasteiger partial charge is 0.379 e. The van der Waals surface area contributed by atoms with E-state index in [0.29, 0.717) is 25.7 Å². The molecule has 0 saturated carbocycles. The zero-order valence-electron chi connectivity index (χ0n) is 18.8. The van der Waals surface area contributed by atoms with E-state index in [2.05, 4.69) is 57.8 Å². The van der Waals surface area contributed by atoms with Crippen LogP contribution in [0.25, 0.3) is 0 Å². The molecule has 0 aliphatic carbocycles. The van der Waals surface area contributed by atoms with Crippen molar-refractivity contribution in [3.05, 3.63) is 35.9 Å². The van der Waals surface area contributed by atoms with Crippen LogP contribution in [0.15, 0.2) is 35.3 Å². The zero-order valence-corrected chi connectivity index (χ0v) is 21.1. The van der Waals surface area contributed by atoms with E-state index >= 15 is 0 Å². The second-order valence-electron chi connectivity index (χ2n) is 7.65. The fourth-order valence-corrected chi connectivity index (χ4v) is 3.49. The molecule has 1 saturated heterocycles. The highest BCUT2D eigenvalue weighted by atomic mass is 127. The number of likely N-dealkylation sites (tertiary alicyclic amines) is 1. The molecule has 1 aliphatic heterocycles. The minimum atomic E-state index is 0. The van der Waals surface area contributed by atoms with Crippen molar-refractivity contribution in [1.29, 1.82) is 0 Å². The second-order valence-corrected chi connectivity index (χ2v) is 7.65. The number of benzene rings is 1. The van der Waals surface area contributed by atoms with Crippen LogP contribution in [0.4, 0.5) is 0 Å². The monoisotopic (exact) mass is 532 g/mol. The maximum atomic E-state index is 5.59. The number of aliphatic imine (C=N–C) groups is 1. The molecule has 2 N–H and O–H groups in total. The molecule has 0 spiro atoms. The number of hydrogen-bond donors (Lipinski definition) is 2. The third kappa shape index (κ3) is 12.1. The first-order chi connectivity index (χ1) is 14.3. The molecule has 30 heavy (non-hydrogen) atoms. The van der Waals surface area contributed by atoms with Crippen molar-refractivity contribution in [2.75, 3.05) is 66.2 Å². The molecule has 0 bridgehead atoms. The van der Waals surface area contributed by atoms with Crippen molar-refractivity contribution in [1.82, 2.24) is 15.5 Å². The summed E-state index contributed by atoms with van der Waals surface area (Å²) in [7, 11) is 1.82. The molecule has 1 fully saturated rings. The Balaban J connectivity index is 0.00000450. The summed E-state index contributed by atoms with van der Waals surface area (Å²) < 4.78 is 11.1. The Morgan fingerprint density at radius 3 is 2.60 bits per heavy atom. The minimum Gasteiger partial charge on any atom is -0.379 e. The molecule has 0 amide bonds. The number of guanidine groups is 1. The summed E-state index contributed by atoms with van der Waals surface area (Å²) in [5.41, 5.74) is 1.42. The highest BCUT2D eigenvalue weighted by molar-refractivity contribution is 14.0. The zero-order chi connectivity index (χ0) is 20.6. The van der Waals surface area contributed by atoms with Crippen LogP contribution in [0.5, 0.6) is 0 Å². The van der Waals surface area contributed by atoms with Crippen molar-refractivity contribution in [2.45, 2.75) is 32.6 Å². The minimum absolute atomic E-state index is 0. The lowest BCUT2D eigenvalue weighted by molar-refractivity contribution is 0.0487. The molecule has 2 rings (SSSR count). The number of nitrogens with zero attached hydrogens (tertiary/aromatic N) is 2. The SMILES string of the molecule is CCCCOCCOCCNC(=NC)NCC1CCN(CCc2ccccc2)C1.I. The van der Waals surface area contributed by atoms with Gasteiger partial charge in [-0.3, -0.25) is 4.99 Å². The third-order valence-electron chi connectivity index (χ3n) is 5.26. The average molecular weight is 533 g/mol. The molecule has 172 valence electrons. The molecule has 1 atom stereocenters. The molecular formula is C23H41IN4O2. The van der Waals surface area contributed by atoms with Gasteiger partial charge in [0.05, 0.1) is 19.8 Å². The summed E-state index contributed by atoms with van der Waals surface area (Å²) in [5, 5.41) is 6.78. The number of rotatable bonds is 14. The van der Waals surface area contributed by atoms with Gasteiger partial charge in [-0.25, -0.2) is 0 Å². The molecule has 1 heterocycles. The van der Waals surface area contributed by atoms with Crippen LogP contribution in [-0.2, 0) is 15.9 Å². The Bertz CT molecular complexity index is 559. The Hall–Kier alpha value is -0.900. The Morgan fingerprint density at radius 2 is 1.87 bits per heavy atom. The number of hydrogen-bond acceptors (Lipinski definition) is 4. The highest BCUT2D eigenvalue weighted by Crippen LogP contribution is 2.15. The van der Waals surface area contributed by atoms with E-state index in [0.717, 1.165) is 51.6 Å². The number of unbranched alkanes of at least 4 members (excludes halogenated alkanes) is 1. The van der Waals surface area contributed by atoms with E-state index in [1.54, 1.807) is 0 Å². The van der Waals surface area contributed by atoms with E-state index in [1.165, 1.54) is 24.9 Å². The van der Waals surface area contributed by atoms with Crippen molar-refractivity contribution >= 4 is 29.9 Å². The van der Waals surface area contributed by atoms with Gasteiger partial charge >= 0.3 is 0 Å². The molecule has 6 nitrogen and oxygen atoms in total. The first kappa shape index (κ1) is 27.1. The standard InChI is InChI=1S/C23H40N4O2.HI/c1-3-4-15-28-17-18-29-16-12-25-23(24-2)26-19-22-11-14-27(20-22)13-10-21-8-6-5-7-9-21;/h5-9,22H,3-4,10-20H2,1-2H3,(H2,24,25,26);1H. The number of halogens is 1. The van der Waals surface area contributed by atoms with Crippen molar-refractivity contribution in [3.8, 4) is 0 Å². The van der Waals surface area contributed by atoms with Gasteiger partial charge in [-0.1, -0.05) is 43.7 Å². The van der Waals surface area contributed by atoms with Gasteiger partial charge in [0.15, 0.2) is 5.96 Å². The molecule has 1 aliphatic rings. The van der Waals surface area contributed by atoms with Gasteiger partial charge in [-0.2, -0.15) is 0 Å². The number of ether oxygens (including phenoxy) is 2. The highest BCUT2D eigenvalue weighted by Gasteiger charge is 2.22. The van der Waals surface area contributed by atoms with Gasteiger partial charge in [-0.05, 0) is 37.3 Å². The normalized spacial score (nSPS) is 17.0. The Kier molecular flexibility index (Phi) is 16.1. The van der Waals surface area contributed by atoms with Crippen LogP contribution in [0.2, 0.25) is 0 Å². The van der Waals surface area contributed by atoms with E-state index in [9.17, 15) is 0 Å². The summed E-state index contributed by atoms with van der Waals surface area (Å²) in [6, 6.07) is 10.8. The van der Waals surface area contributed by atoms with Gasteiger partial charge < -0.3 is 25.0 Å². The van der Waals surface area contributed by atoms with E-state index in [-0.39, 0.29) is 24.0 Å². The summed E-state index contributed by atoms with van der Waals surface area (Å²) in [4.78, 5) is 6.89. The molecule has 0 radical (unpaired) electrons. The lowest BCUT2D eigenvalue weighted by atomic mass is 10.1. The summed E-state index contributed by atoms with van der Waals surface area (Å²) >= 11 is 0. The Labute approximate surface area is 200 Å². The fourth-order valence-electron chi connectivity index (χ4n) is 3.49. The predicted octanol–water partition coefficient (Wildman–Crippen LogP) is 3.17. The summed E-state index contributed by atoms with van der Waals surface area (Å²) in [6.45, 7) is 10.2. The first-order valence-electron chi connectivity index (χ1n) is 11.2. The maximum absolute atomic E-state index is 5.59. The molecule has 1 aromatic rings. The van der Waals surface area contributed by atoms with Crippen LogP contribution in [0, 0.1) is 5.92 Å². The van der Waals surface area contributed by atoms with Gasteiger partial charge in [0.1, 0.15) is 0 Å². The summed E-state index contributed by atoms with van der Waals surface area (Å²) in [6.07, 6.45) is 4.67. The molecule has 0 aromatic heterocycles. The van der Waals surface area contributed by atoms with Crippen LogP contribution < -0.4 is 10.6 Å². The van der Waals surface area contributed by atoms with Gasteiger partial charge in [0.2, 0.25) is 0 Å². The van der Waals surface area contributed by atoms with Crippen LogP contribution in [0.3, 0.4) is 0 Å². The maximum Gasteiger partial charge on any atom is 0.191 e. The van der Waals surface area contributed by atoms with Gasteiger partial charge in [0.25, 0.3) is 0 Å². The van der Waals surface area contributed by atoms with Crippen LogP contribution in [0.1, 0.15) is 31.7 Å². The second kappa shape index (κ2) is 17.7. The first-order valence-corrected chi connectivity index (χ1v) is 11.2. The molecule has 1 aromatic carbocycles. The smallest absolute Gasteiger partial charge is 0.191 e. The average Bonchev–Trinajstić information content (AvgIpc) is 3.22.